The average molecular weight is 271 g/mol. The first-order valence-electron chi connectivity index (χ1n) is 7.04. The second-order valence-corrected chi connectivity index (χ2v) is 6.83. The molecule has 0 aliphatic carbocycles. The Kier molecular flexibility index (Phi) is 4.06. The maximum Gasteiger partial charge on any atom is 0.410 e. The van der Waals surface area contributed by atoms with E-state index >= 15 is 0 Å². The Morgan fingerprint density at radius 2 is 2.26 bits per heavy atom. The van der Waals surface area contributed by atoms with Gasteiger partial charge in [0.1, 0.15) is 5.60 Å². The summed E-state index contributed by atoms with van der Waals surface area (Å²) in [5, 5.41) is 9.18. The van der Waals surface area contributed by atoms with Crippen LogP contribution in [0.5, 0.6) is 0 Å². The smallest absolute Gasteiger partial charge is 0.410 e. The van der Waals surface area contributed by atoms with Crippen molar-refractivity contribution in [3.8, 4) is 0 Å². The first kappa shape index (κ1) is 14.6. The molecule has 0 saturated carbocycles. The van der Waals surface area contributed by atoms with Crippen LogP contribution in [0, 0.1) is 5.41 Å². The van der Waals surface area contributed by atoms with Crippen LogP contribution >= 0.6 is 0 Å². The second kappa shape index (κ2) is 5.29. The number of likely N-dealkylation sites (tertiary alicyclic amines) is 1. The Labute approximate surface area is 114 Å². The van der Waals surface area contributed by atoms with Crippen molar-refractivity contribution in [2.24, 2.45) is 5.41 Å². The summed E-state index contributed by atoms with van der Waals surface area (Å²) < 4.78 is 11.0. The molecule has 5 heteroatoms. The highest BCUT2D eigenvalue weighted by atomic mass is 16.6. The molecule has 2 rings (SSSR count). The van der Waals surface area contributed by atoms with Crippen molar-refractivity contribution in [3.63, 3.8) is 0 Å². The van der Waals surface area contributed by atoms with E-state index in [1.165, 1.54) is 0 Å². The van der Waals surface area contributed by atoms with Gasteiger partial charge in [0.2, 0.25) is 0 Å². The molecule has 19 heavy (non-hydrogen) atoms. The Morgan fingerprint density at radius 3 is 2.84 bits per heavy atom. The molecule has 110 valence electrons. The molecule has 2 aliphatic rings. The highest BCUT2D eigenvalue weighted by Crippen LogP contribution is 2.40. The van der Waals surface area contributed by atoms with Gasteiger partial charge < -0.3 is 19.5 Å². The molecule has 2 heterocycles. The number of amides is 1. The quantitative estimate of drug-likeness (QED) is 0.790. The van der Waals surface area contributed by atoms with E-state index in [4.69, 9.17) is 9.47 Å². The van der Waals surface area contributed by atoms with Crippen LogP contribution in [-0.4, -0.2) is 54.1 Å². The highest BCUT2D eigenvalue weighted by Gasteiger charge is 2.44. The fourth-order valence-electron chi connectivity index (χ4n) is 2.99. The van der Waals surface area contributed by atoms with Crippen LogP contribution in [-0.2, 0) is 9.47 Å². The third-order valence-electron chi connectivity index (χ3n) is 3.80. The maximum atomic E-state index is 12.1. The van der Waals surface area contributed by atoms with Gasteiger partial charge in [-0.3, -0.25) is 0 Å². The van der Waals surface area contributed by atoms with Gasteiger partial charge in [-0.1, -0.05) is 0 Å². The number of piperidine rings is 1. The molecule has 0 aromatic carbocycles. The van der Waals surface area contributed by atoms with Gasteiger partial charge in [-0.15, -0.1) is 0 Å². The summed E-state index contributed by atoms with van der Waals surface area (Å²) in [5.41, 5.74) is -0.440. The summed E-state index contributed by atoms with van der Waals surface area (Å²) in [4.78, 5) is 13.9. The molecule has 5 nitrogen and oxygen atoms in total. The minimum atomic E-state index is -0.457. The van der Waals surface area contributed by atoms with Crippen LogP contribution in [0.4, 0.5) is 4.79 Å². The zero-order valence-corrected chi connectivity index (χ0v) is 12.1. The molecule has 2 fully saturated rings. The minimum Gasteiger partial charge on any atom is -0.444 e. The lowest BCUT2D eigenvalue weighted by Crippen LogP contribution is -2.48. The first-order valence-corrected chi connectivity index (χ1v) is 7.04. The van der Waals surface area contributed by atoms with E-state index in [0.29, 0.717) is 13.2 Å². The number of hydrogen-bond donors (Lipinski definition) is 1. The van der Waals surface area contributed by atoms with Crippen molar-refractivity contribution >= 4 is 6.09 Å². The fraction of sp³-hybridized carbons (Fsp3) is 0.929. The van der Waals surface area contributed by atoms with Crippen molar-refractivity contribution in [2.45, 2.75) is 51.7 Å². The zero-order valence-electron chi connectivity index (χ0n) is 12.1. The monoisotopic (exact) mass is 271 g/mol. The average Bonchev–Trinajstić information content (AvgIpc) is 2.70. The maximum absolute atomic E-state index is 12.1. The molecule has 1 spiro atoms. The SMILES string of the molecule is CC(C)(C)OC(=O)N1CCCC2(COC(CO)C2)C1. The molecular weight excluding hydrogens is 246 g/mol. The van der Waals surface area contributed by atoms with Crippen molar-refractivity contribution in [3.05, 3.63) is 0 Å². The standard InChI is InChI=1S/C14H25NO4/c1-13(2,3)19-12(17)15-6-4-5-14(9-15)7-11(8-16)18-10-14/h11,16H,4-10H2,1-3H3. The predicted octanol–water partition coefficient (Wildman–Crippen LogP) is 1.78. The molecule has 0 radical (unpaired) electrons. The lowest BCUT2D eigenvalue weighted by molar-refractivity contribution is 0.000839. The van der Waals surface area contributed by atoms with Gasteiger partial charge in [-0.2, -0.15) is 0 Å². The molecule has 0 aromatic heterocycles. The van der Waals surface area contributed by atoms with Gasteiger partial charge in [-0.05, 0) is 40.0 Å². The number of nitrogens with zero attached hydrogens (tertiary/aromatic N) is 1. The van der Waals surface area contributed by atoms with E-state index < -0.39 is 5.60 Å². The molecule has 1 N–H and O–H groups in total. The number of carbonyl (C=O) groups is 1. The summed E-state index contributed by atoms with van der Waals surface area (Å²) >= 11 is 0. The van der Waals surface area contributed by atoms with E-state index in [1.54, 1.807) is 4.90 Å². The van der Waals surface area contributed by atoms with Crippen molar-refractivity contribution in [1.82, 2.24) is 4.90 Å². The number of ether oxygens (including phenoxy) is 2. The molecule has 0 aromatic rings. The van der Waals surface area contributed by atoms with Crippen LogP contribution in [0.15, 0.2) is 0 Å². The van der Waals surface area contributed by atoms with Crippen molar-refractivity contribution < 1.29 is 19.4 Å². The van der Waals surface area contributed by atoms with E-state index in [0.717, 1.165) is 25.8 Å². The molecule has 2 aliphatic heterocycles. The summed E-state index contributed by atoms with van der Waals surface area (Å²) in [6.07, 6.45) is 2.56. The molecule has 2 atom stereocenters. The third kappa shape index (κ3) is 3.60. The molecule has 2 unspecified atom stereocenters. The largest absolute Gasteiger partial charge is 0.444 e. The van der Waals surface area contributed by atoms with Gasteiger partial charge in [0.05, 0.1) is 19.3 Å². The molecular formula is C14H25NO4. The normalized spacial score (nSPS) is 31.8. The zero-order chi connectivity index (χ0) is 14.1. The van der Waals surface area contributed by atoms with Gasteiger partial charge >= 0.3 is 6.09 Å². The van der Waals surface area contributed by atoms with Gasteiger partial charge in [0.25, 0.3) is 0 Å². The van der Waals surface area contributed by atoms with Crippen molar-refractivity contribution in [2.75, 3.05) is 26.3 Å². The van der Waals surface area contributed by atoms with Gasteiger partial charge in [0.15, 0.2) is 0 Å². The Morgan fingerprint density at radius 1 is 1.53 bits per heavy atom. The van der Waals surface area contributed by atoms with E-state index in [9.17, 15) is 9.90 Å². The lowest BCUT2D eigenvalue weighted by Gasteiger charge is -2.39. The van der Waals surface area contributed by atoms with Crippen molar-refractivity contribution in [1.29, 1.82) is 0 Å². The number of rotatable bonds is 1. The molecule has 0 bridgehead atoms. The van der Waals surface area contributed by atoms with Crippen LogP contribution in [0.25, 0.3) is 0 Å². The van der Waals surface area contributed by atoms with Crippen LogP contribution in [0.2, 0.25) is 0 Å². The van der Waals surface area contributed by atoms with E-state index in [-0.39, 0.29) is 24.2 Å². The van der Waals surface area contributed by atoms with Crippen LogP contribution in [0.3, 0.4) is 0 Å². The van der Waals surface area contributed by atoms with Gasteiger partial charge in [0, 0.05) is 18.5 Å². The molecule has 1 amide bonds. The number of hydrogen-bond acceptors (Lipinski definition) is 4. The van der Waals surface area contributed by atoms with Crippen LogP contribution in [0.1, 0.15) is 40.0 Å². The van der Waals surface area contributed by atoms with E-state index in [1.807, 2.05) is 20.8 Å². The predicted molar refractivity (Wildman–Crippen MR) is 70.9 cm³/mol. The Balaban J connectivity index is 1.96. The topological polar surface area (TPSA) is 59.0 Å². The highest BCUT2D eigenvalue weighted by molar-refractivity contribution is 5.68. The summed E-state index contributed by atoms with van der Waals surface area (Å²) in [5.74, 6) is 0. The Bertz CT molecular complexity index is 339. The fourth-order valence-corrected chi connectivity index (χ4v) is 2.99. The minimum absolute atomic E-state index is 0.0164. The van der Waals surface area contributed by atoms with E-state index in [2.05, 4.69) is 0 Å². The lowest BCUT2D eigenvalue weighted by atomic mass is 9.78. The number of aliphatic hydroxyl groups is 1. The van der Waals surface area contributed by atoms with Crippen LogP contribution < -0.4 is 0 Å². The number of carbonyl (C=O) groups excluding carboxylic acids is 1. The van der Waals surface area contributed by atoms with Gasteiger partial charge in [-0.25, -0.2) is 4.79 Å². The number of aliphatic hydroxyl groups excluding tert-OH is 1. The first-order chi connectivity index (χ1) is 8.84. The second-order valence-electron chi connectivity index (χ2n) is 6.83. The molecule has 2 saturated heterocycles. The summed E-state index contributed by atoms with van der Waals surface area (Å²) in [6, 6.07) is 0. The summed E-state index contributed by atoms with van der Waals surface area (Å²) in [7, 11) is 0. The third-order valence-corrected chi connectivity index (χ3v) is 3.80. The summed E-state index contributed by atoms with van der Waals surface area (Å²) in [6.45, 7) is 7.77. The Hall–Kier alpha value is -0.810.